The van der Waals surface area contributed by atoms with Gasteiger partial charge in [-0.15, -0.1) is 5.10 Å². The van der Waals surface area contributed by atoms with Crippen LogP contribution in [0, 0.1) is 19.7 Å². The number of benzene rings is 2. The lowest BCUT2D eigenvalue weighted by atomic mass is 10.2. The van der Waals surface area contributed by atoms with Gasteiger partial charge in [0.15, 0.2) is 5.69 Å². The quantitative estimate of drug-likeness (QED) is 0.550. The molecule has 0 fully saturated rings. The molecular weight excluding hydrogens is 297 g/mol. The molecule has 0 saturated heterocycles. The largest absolute Gasteiger partial charge is 0.421 e. The summed E-state index contributed by atoms with van der Waals surface area (Å²) in [5.41, 5.74) is 2.11. The SMILES string of the molecule is Cc1ccccc1OC(=O)c1nnn(-c2ccc(F)cc2)c1C. The van der Waals surface area contributed by atoms with Crippen LogP contribution in [0.25, 0.3) is 5.69 Å². The fourth-order valence-corrected chi connectivity index (χ4v) is 2.16. The Kier molecular flexibility index (Phi) is 3.89. The molecule has 0 amide bonds. The molecule has 3 aromatic rings. The number of aromatic nitrogens is 3. The van der Waals surface area contributed by atoms with E-state index in [9.17, 15) is 9.18 Å². The molecule has 2 aromatic carbocycles. The Morgan fingerprint density at radius 2 is 1.78 bits per heavy atom. The van der Waals surface area contributed by atoms with Crippen molar-refractivity contribution in [3.8, 4) is 11.4 Å². The zero-order valence-electron chi connectivity index (χ0n) is 12.7. The third kappa shape index (κ3) is 2.96. The maximum absolute atomic E-state index is 13.0. The fourth-order valence-electron chi connectivity index (χ4n) is 2.16. The molecule has 6 heteroatoms. The van der Waals surface area contributed by atoms with Gasteiger partial charge in [0.2, 0.25) is 0 Å². The van der Waals surface area contributed by atoms with E-state index in [1.807, 2.05) is 19.1 Å². The van der Waals surface area contributed by atoms with E-state index in [1.54, 1.807) is 31.2 Å². The molecule has 0 unspecified atom stereocenters. The second kappa shape index (κ2) is 6.00. The first-order valence-corrected chi connectivity index (χ1v) is 7.02. The molecule has 1 heterocycles. The van der Waals surface area contributed by atoms with Crippen LogP contribution in [0.2, 0.25) is 0 Å². The van der Waals surface area contributed by atoms with Crippen LogP contribution in [0.3, 0.4) is 0 Å². The molecule has 3 rings (SSSR count). The summed E-state index contributed by atoms with van der Waals surface area (Å²) in [6.07, 6.45) is 0. The van der Waals surface area contributed by atoms with Crippen molar-refractivity contribution in [3.63, 3.8) is 0 Å². The summed E-state index contributed by atoms with van der Waals surface area (Å²) in [7, 11) is 0. The first-order chi connectivity index (χ1) is 11.1. The zero-order valence-corrected chi connectivity index (χ0v) is 12.7. The third-order valence-corrected chi connectivity index (χ3v) is 3.46. The minimum atomic E-state index is -0.579. The van der Waals surface area contributed by atoms with Crippen molar-refractivity contribution in [2.45, 2.75) is 13.8 Å². The number of para-hydroxylation sites is 1. The molecule has 0 spiro atoms. The Labute approximate surface area is 132 Å². The van der Waals surface area contributed by atoms with Crippen molar-refractivity contribution in [1.82, 2.24) is 15.0 Å². The van der Waals surface area contributed by atoms with E-state index in [4.69, 9.17) is 4.74 Å². The normalized spacial score (nSPS) is 10.6. The second-order valence-electron chi connectivity index (χ2n) is 5.07. The number of nitrogens with zero attached hydrogens (tertiary/aromatic N) is 3. The first kappa shape index (κ1) is 14.9. The number of rotatable bonds is 3. The fraction of sp³-hybridized carbons (Fsp3) is 0.118. The van der Waals surface area contributed by atoms with Crippen LogP contribution in [-0.2, 0) is 0 Å². The number of hydrogen-bond donors (Lipinski definition) is 0. The van der Waals surface area contributed by atoms with Gasteiger partial charge in [-0.05, 0) is 49.7 Å². The van der Waals surface area contributed by atoms with E-state index < -0.39 is 5.97 Å². The van der Waals surface area contributed by atoms with Crippen LogP contribution in [0.1, 0.15) is 21.7 Å². The number of esters is 1. The third-order valence-electron chi connectivity index (χ3n) is 3.46. The lowest BCUT2D eigenvalue weighted by molar-refractivity contribution is 0.0726. The predicted octanol–water partition coefficient (Wildman–Crippen LogP) is 3.24. The predicted molar refractivity (Wildman–Crippen MR) is 82.2 cm³/mol. The number of ether oxygens (including phenoxy) is 1. The van der Waals surface area contributed by atoms with Gasteiger partial charge in [0.1, 0.15) is 11.6 Å². The average molecular weight is 311 g/mol. The molecule has 0 radical (unpaired) electrons. The number of hydrogen-bond acceptors (Lipinski definition) is 4. The number of carbonyl (C=O) groups excluding carboxylic acids is 1. The minimum absolute atomic E-state index is 0.123. The van der Waals surface area contributed by atoms with Crippen LogP contribution >= 0.6 is 0 Å². The summed E-state index contributed by atoms with van der Waals surface area (Å²) in [4.78, 5) is 12.3. The van der Waals surface area contributed by atoms with Gasteiger partial charge in [-0.1, -0.05) is 23.4 Å². The molecule has 0 aliphatic carbocycles. The molecule has 0 bridgehead atoms. The van der Waals surface area contributed by atoms with Gasteiger partial charge in [0.05, 0.1) is 11.4 Å². The maximum atomic E-state index is 13.0. The maximum Gasteiger partial charge on any atom is 0.366 e. The molecule has 5 nitrogen and oxygen atoms in total. The monoisotopic (exact) mass is 311 g/mol. The molecule has 0 N–H and O–H groups in total. The summed E-state index contributed by atoms with van der Waals surface area (Å²) in [5, 5.41) is 7.83. The topological polar surface area (TPSA) is 57.0 Å². The molecule has 23 heavy (non-hydrogen) atoms. The van der Waals surface area contributed by atoms with E-state index in [0.717, 1.165) is 5.56 Å². The second-order valence-corrected chi connectivity index (χ2v) is 5.07. The molecule has 0 saturated carbocycles. The van der Waals surface area contributed by atoms with E-state index in [0.29, 0.717) is 17.1 Å². The Morgan fingerprint density at radius 1 is 1.09 bits per heavy atom. The average Bonchev–Trinajstić information content (AvgIpc) is 2.92. The van der Waals surface area contributed by atoms with Gasteiger partial charge in [-0.2, -0.15) is 0 Å². The highest BCUT2D eigenvalue weighted by molar-refractivity contribution is 5.90. The van der Waals surface area contributed by atoms with Gasteiger partial charge < -0.3 is 4.74 Å². The lowest BCUT2D eigenvalue weighted by Gasteiger charge is -2.06. The van der Waals surface area contributed by atoms with Crippen LogP contribution in [0.4, 0.5) is 4.39 Å². The Balaban J connectivity index is 1.88. The summed E-state index contributed by atoms with van der Waals surface area (Å²) < 4.78 is 19.8. The highest BCUT2D eigenvalue weighted by Gasteiger charge is 2.20. The minimum Gasteiger partial charge on any atom is -0.421 e. The van der Waals surface area contributed by atoms with Crippen molar-refractivity contribution >= 4 is 5.97 Å². The number of aryl methyl sites for hydroxylation is 1. The molecule has 116 valence electrons. The van der Waals surface area contributed by atoms with Crippen LogP contribution in [0.15, 0.2) is 48.5 Å². The first-order valence-electron chi connectivity index (χ1n) is 7.02. The van der Waals surface area contributed by atoms with Crippen molar-refractivity contribution in [3.05, 3.63) is 71.3 Å². The number of halogens is 1. The lowest BCUT2D eigenvalue weighted by Crippen LogP contribution is -2.12. The van der Waals surface area contributed by atoms with Crippen molar-refractivity contribution < 1.29 is 13.9 Å². The molecule has 0 atom stereocenters. The van der Waals surface area contributed by atoms with E-state index in [1.165, 1.54) is 16.8 Å². The van der Waals surface area contributed by atoms with Crippen LogP contribution < -0.4 is 4.74 Å². The van der Waals surface area contributed by atoms with Gasteiger partial charge in [-0.25, -0.2) is 13.9 Å². The van der Waals surface area contributed by atoms with Crippen LogP contribution in [0.5, 0.6) is 5.75 Å². The summed E-state index contributed by atoms with van der Waals surface area (Å²) in [6, 6.07) is 13.0. The van der Waals surface area contributed by atoms with Gasteiger partial charge in [0, 0.05) is 0 Å². The van der Waals surface area contributed by atoms with Crippen molar-refractivity contribution in [2.24, 2.45) is 0 Å². The standard InChI is InChI=1S/C17H14FN3O2/c1-11-5-3-4-6-15(11)23-17(22)16-12(2)21(20-19-16)14-9-7-13(18)8-10-14/h3-10H,1-2H3. The molecule has 0 aliphatic heterocycles. The molecule has 0 aliphatic rings. The Bertz CT molecular complexity index is 857. The summed E-state index contributed by atoms with van der Waals surface area (Å²) in [6.45, 7) is 3.56. The number of carbonyl (C=O) groups is 1. The van der Waals surface area contributed by atoms with Crippen molar-refractivity contribution in [2.75, 3.05) is 0 Å². The smallest absolute Gasteiger partial charge is 0.366 e. The summed E-state index contributed by atoms with van der Waals surface area (Å²) >= 11 is 0. The van der Waals surface area contributed by atoms with E-state index in [-0.39, 0.29) is 11.5 Å². The van der Waals surface area contributed by atoms with Gasteiger partial charge in [-0.3, -0.25) is 0 Å². The highest BCUT2D eigenvalue weighted by Crippen LogP contribution is 2.19. The van der Waals surface area contributed by atoms with Gasteiger partial charge >= 0.3 is 5.97 Å². The molecule has 1 aromatic heterocycles. The van der Waals surface area contributed by atoms with Crippen LogP contribution in [-0.4, -0.2) is 21.0 Å². The Hall–Kier alpha value is -3.02. The summed E-state index contributed by atoms with van der Waals surface area (Å²) in [5.74, 6) is -0.441. The van der Waals surface area contributed by atoms with E-state index in [2.05, 4.69) is 10.3 Å². The Morgan fingerprint density at radius 3 is 2.48 bits per heavy atom. The van der Waals surface area contributed by atoms with Gasteiger partial charge in [0.25, 0.3) is 0 Å². The highest BCUT2D eigenvalue weighted by atomic mass is 19.1. The van der Waals surface area contributed by atoms with E-state index >= 15 is 0 Å². The van der Waals surface area contributed by atoms with Crippen molar-refractivity contribution in [1.29, 1.82) is 0 Å². The molecular formula is C17H14FN3O2. The zero-order chi connectivity index (χ0) is 16.4.